The van der Waals surface area contributed by atoms with Gasteiger partial charge in [0, 0.05) is 23.5 Å². The van der Waals surface area contributed by atoms with Gasteiger partial charge >= 0.3 is 0 Å². The van der Waals surface area contributed by atoms with E-state index in [1.165, 1.54) is 6.42 Å². The molecule has 0 bridgehead atoms. The molecule has 0 N–H and O–H groups in total. The molecule has 0 saturated carbocycles. The molecule has 1 aromatic rings. The summed E-state index contributed by atoms with van der Waals surface area (Å²) >= 11 is 3.51. The van der Waals surface area contributed by atoms with Gasteiger partial charge in [0.15, 0.2) is 0 Å². The normalized spacial score (nSPS) is 19.3. The summed E-state index contributed by atoms with van der Waals surface area (Å²) in [5, 5.41) is 0.849. The van der Waals surface area contributed by atoms with Crippen LogP contribution >= 0.6 is 15.9 Å². The van der Waals surface area contributed by atoms with Crippen molar-refractivity contribution >= 4 is 21.8 Å². The number of nitrogens with zero attached hydrogens (tertiary/aromatic N) is 1. The summed E-state index contributed by atoms with van der Waals surface area (Å²) in [6.07, 6.45) is 3.38. The minimum absolute atomic E-state index is 0.113. The van der Waals surface area contributed by atoms with E-state index in [9.17, 15) is 4.79 Å². The Balaban J connectivity index is 2.22. The Morgan fingerprint density at radius 1 is 1.47 bits per heavy atom. The minimum atomic E-state index is 0.113. The van der Waals surface area contributed by atoms with Crippen molar-refractivity contribution in [3.05, 3.63) is 29.3 Å². The van der Waals surface area contributed by atoms with Gasteiger partial charge in [-0.25, -0.2) is 0 Å². The van der Waals surface area contributed by atoms with Crippen LogP contribution in [0.4, 0.5) is 0 Å². The van der Waals surface area contributed by atoms with E-state index in [0.29, 0.717) is 6.04 Å². The lowest BCUT2D eigenvalue weighted by molar-refractivity contribution is 0.0641. The first-order valence-electron chi connectivity index (χ1n) is 6.69. The highest BCUT2D eigenvalue weighted by Crippen LogP contribution is 2.24. The van der Waals surface area contributed by atoms with E-state index in [0.717, 1.165) is 41.6 Å². The van der Waals surface area contributed by atoms with E-state index in [-0.39, 0.29) is 5.91 Å². The number of carbonyl (C=O) groups is 1. The lowest BCUT2D eigenvalue weighted by Gasteiger charge is -2.34. The molecule has 1 fully saturated rings. The van der Waals surface area contributed by atoms with Gasteiger partial charge in [0.05, 0.1) is 7.11 Å². The summed E-state index contributed by atoms with van der Waals surface area (Å²) in [6.45, 7) is 2.83. The Bertz CT molecular complexity index is 461. The first-order chi connectivity index (χ1) is 9.17. The van der Waals surface area contributed by atoms with Crippen molar-refractivity contribution in [3.63, 3.8) is 0 Å². The van der Waals surface area contributed by atoms with Gasteiger partial charge < -0.3 is 9.64 Å². The number of carbonyl (C=O) groups excluding carboxylic acids is 1. The van der Waals surface area contributed by atoms with Crippen LogP contribution in [0.25, 0.3) is 0 Å². The number of halogens is 1. The molecule has 1 atom stereocenters. The van der Waals surface area contributed by atoms with Crippen molar-refractivity contribution in [1.29, 1.82) is 0 Å². The molecule has 1 unspecified atom stereocenters. The van der Waals surface area contributed by atoms with Gasteiger partial charge in [-0.1, -0.05) is 22.0 Å². The average molecular weight is 326 g/mol. The number of aryl methyl sites for hydroxylation is 1. The molecule has 4 heteroatoms. The fraction of sp³-hybridized carbons (Fsp3) is 0.533. The van der Waals surface area contributed by atoms with E-state index < -0.39 is 0 Å². The van der Waals surface area contributed by atoms with Gasteiger partial charge in [0.25, 0.3) is 5.91 Å². The second kappa shape index (κ2) is 6.42. The Hall–Kier alpha value is -1.03. The van der Waals surface area contributed by atoms with Crippen LogP contribution < -0.4 is 4.74 Å². The number of ether oxygens (including phenoxy) is 1. The summed E-state index contributed by atoms with van der Waals surface area (Å²) in [7, 11) is 1.64. The Morgan fingerprint density at radius 3 is 2.95 bits per heavy atom. The summed E-state index contributed by atoms with van der Waals surface area (Å²) in [6, 6.07) is 5.99. The summed E-state index contributed by atoms with van der Waals surface area (Å²) in [4.78, 5) is 14.6. The molecule has 0 aromatic heterocycles. The average Bonchev–Trinajstić information content (AvgIpc) is 2.47. The highest BCUT2D eigenvalue weighted by molar-refractivity contribution is 9.09. The molecule has 0 spiro atoms. The molecule has 104 valence electrons. The zero-order valence-corrected chi connectivity index (χ0v) is 13.1. The monoisotopic (exact) mass is 325 g/mol. The molecule has 3 nitrogen and oxygen atoms in total. The van der Waals surface area contributed by atoms with Crippen molar-refractivity contribution in [2.24, 2.45) is 0 Å². The first kappa shape index (κ1) is 14.4. The van der Waals surface area contributed by atoms with Crippen molar-refractivity contribution in [2.45, 2.75) is 32.2 Å². The number of rotatable bonds is 3. The molecule has 1 aromatic carbocycles. The van der Waals surface area contributed by atoms with Gasteiger partial charge in [-0.3, -0.25) is 4.79 Å². The van der Waals surface area contributed by atoms with Crippen LogP contribution in [0.3, 0.4) is 0 Å². The van der Waals surface area contributed by atoms with Crippen LogP contribution in [0.2, 0.25) is 0 Å². The molecule has 1 aliphatic heterocycles. The number of amides is 1. The third kappa shape index (κ3) is 3.11. The number of likely N-dealkylation sites (tertiary alicyclic amines) is 1. The van der Waals surface area contributed by atoms with Gasteiger partial charge in [-0.2, -0.15) is 0 Å². The molecule has 0 aliphatic carbocycles. The number of hydrogen-bond donors (Lipinski definition) is 0. The van der Waals surface area contributed by atoms with E-state index >= 15 is 0 Å². The zero-order valence-electron chi connectivity index (χ0n) is 11.5. The number of hydrogen-bond acceptors (Lipinski definition) is 2. The molecule has 1 saturated heterocycles. The number of alkyl halides is 1. The summed E-state index contributed by atoms with van der Waals surface area (Å²) in [5.41, 5.74) is 1.77. The van der Waals surface area contributed by atoms with Gasteiger partial charge in [0.1, 0.15) is 5.75 Å². The molecular formula is C15H20BrNO2. The molecule has 2 rings (SSSR count). The van der Waals surface area contributed by atoms with Crippen LogP contribution in [-0.4, -0.2) is 35.8 Å². The minimum Gasteiger partial charge on any atom is -0.496 e. The maximum atomic E-state index is 12.6. The Kier molecular flexibility index (Phi) is 4.86. The molecule has 19 heavy (non-hydrogen) atoms. The second-order valence-corrected chi connectivity index (χ2v) is 5.63. The molecule has 1 heterocycles. The summed E-state index contributed by atoms with van der Waals surface area (Å²) in [5.74, 6) is 0.890. The maximum Gasteiger partial charge on any atom is 0.254 e. The van der Waals surface area contributed by atoms with Crippen molar-refractivity contribution in [1.82, 2.24) is 4.90 Å². The highest BCUT2D eigenvalue weighted by Gasteiger charge is 2.26. The molecule has 0 radical (unpaired) electrons. The molecule has 1 aliphatic rings. The van der Waals surface area contributed by atoms with Gasteiger partial charge in [0.2, 0.25) is 0 Å². The SMILES string of the molecule is COc1cc(C(=O)N2CCCCC2CBr)ccc1C. The standard InChI is InChI=1S/C15H20BrNO2/c1-11-6-7-12(9-14(11)19-2)15(18)17-8-4-3-5-13(17)10-16/h6-7,9,13H,3-5,8,10H2,1-2H3. The topological polar surface area (TPSA) is 29.5 Å². The largest absolute Gasteiger partial charge is 0.496 e. The van der Waals surface area contributed by atoms with Crippen LogP contribution in [0, 0.1) is 6.92 Å². The molecular weight excluding hydrogens is 306 g/mol. The van der Waals surface area contributed by atoms with Crippen LogP contribution in [0.15, 0.2) is 18.2 Å². The van der Waals surface area contributed by atoms with Crippen LogP contribution in [0.5, 0.6) is 5.75 Å². The number of piperidine rings is 1. The van der Waals surface area contributed by atoms with Crippen molar-refractivity contribution in [2.75, 3.05) is 19.0 Å². The van der Waals surface area contributed by atoms with E-state index in [1.807, 2.05) is 30.0 Å². The molecule has 1 amide bonds. The van der Waals surface area contributed by atoms with Crippen LogP contribution in [0.1, 0.15) is 35.2 Å². The van der Waals surface area contributed by atoms with Crippen LogP contribution in [-0.2, 0) is 0 Å². The quantitative estimate of drug-likeness (QED) is 0.797. The summed E-state index contributed by atoms with van der Waals surface area (Å²) < 4.78 is 5.30. The first-order valence-corrected chi connectivity index (χ1v) is 7.81. The third-order valence-electron chi connectivity index (χ3n) is 3.72. The van der Waals surface area contributed by atoms with E-state index in [4.69, 9.17) is 4.74 Å². The fourth-order valence-electron chi connectivity index (χ4n) is 2.55. The van der Waals surface area contributed by atoms with Gasteiger partial charge in [-0.05, 0) is 43.9 Å². The lowest BCUT2D eigenvalue weighted by atomic mass is 10.0. The predicted molar refractivity (Wildman–Crippen MR) is 80.2 cm³/mol. The van der Waals surface area contributed by atoms with Gasteiger partial charge in [-0.15, -0.1) is 0 Å². The zero-order chi connectivity index (χ0) is 13.8. The van der Waals surface area contributed by atoms with E-state index in [2.05, 4.69) is 15.9 Å². The Morgan fingerprint density at radius 2 is 2.26 bits per heavy atom. The van der Waals surface area contributed by atoms with Crippen molar-refractivity contribution in [3.8, 4) is 5.75 Å². The number of methoxy groups -OCH3 is 1. The second-order valence-electron chi connectivity index (χ2n) is 4.99. The fourth-order valence-corrected chi connectivity index (χ4v) is 3.22. The van der Waals surface area contributed by atoms with Crippen molar-refractivity contribution < 1.29 is 9.53 Å². The highest BCUT2D eigenvalue weighted by atomic mass is 79.9. The number of benzene rings is 1. The Labute approximate surface area is 123 Å². The smallest absolute Gasteiger partial charge is 0.254 e. The maximum absolute atomic E-state index is 12.6. The predicted octanol–water partition coefficient (Wildman–Crippen LogP) is 3.39. The van der Waals surface area contributed by atoms with E-state index in [1.54, 1.807) is 7.11 Å². The third-order valence-corrected chi connectivity index (χ3v) is 4.47. The lowest BCUT2D eigenvalue weighted by Crippen LogP contribution is -2.44.